The van der Waals surface area contributed by atoms with Gasteiger partial charge in [0.15, 0.2) is 6.61 Å². The summed E-state index contributed by atoms with van der Waals surface area (Å²) in [4.78, 5) is 52.8. The largest absolute Gasteiger partial charge is 0.452 e. The lowest BCUT2D eigenvalue weighted by molar-refractivity contribution is -0.136. The normalized spacial score (nSPS) is 18.2. The summed E-state index contributed by atoms with van der Waals surface area (Å²) < 4.78 is 5.22. The molecule has 3 amide bonds. The van der Waals surface area contributed by atoms with Crippen molar-refractivity contribution in [1.82, 2.24) is 9.80 Å². The number of esters is 1. The van der Waals surface area contributed by atoms with Crippen LogP contribution in [0.15, 0.2) is 48.5 Å². The zero-order chi connectivity index (χ0) is 22.0. The van der Waals surface area contributed by atoms with Crippen molar-refractivity contribution in [3.05, 3.63) is 70.8 Å². The SMILES string of the molecule is C[C@@H]1CCCN(C(=O)COC(=O)c2cccc(CN3C(=O)c4ccccc4C3=O)c2)C1. The molecule has 1 atom stereocenters. The first-order chi connectivity index (χ1) is 14.9. The van der Waals surface area contributed by atoms with Gasteiger partial charge in [0.1, 0.15) is 0 Å². The number of hydrogen-bond acceptors (Lipinski definition) is 5. The van der Waals surface area contributed by atoms with Crippen molar-refractivity contribution >= 4 is 23.7 Å². The number of likely N-dealkylation sites (tertiary alicyclic amines) is 1. The van der Waals surface area contributed by atoms with Gasteiger partial charge in [-0.3, -0.25) is 19.3 Å². The van der Waals surface area contributed by atoms with Crippen LogP contribution in [0.2, 0.25) is 0 Å². The maximum Gasteiger partial charge on any atom is 0.338 e. The molecular formula is C24H24N2O5. The van der Waals surface area contributed by atoms with Gasteiger partial charge in [-0.05, 0) is 48.6 Å². The highest BCUT2D eigenvalue weighted by atomic mass is 16.5. The van der Waals surface area contributed by atoms with E-state index in [2.05, 4.69) is 6.92 Å². The van der Waals surface area contributed by atoms with Gasteiger partial charge >= 0.3 is 5.97 Å². The number of ether oxygens (including phenoxy) is 1. The highest BCUT2D eigenvalue weighted by Gasteiger charge is 2.35. The molecule has 0 aromatic heterocycles. The topological polar surface area (TPSA) is 84.0 Å². The van der Waals surface area contributed by atoms with E-state index in [-0.39, 0.29) is 36.4 Å². The summed E-state index contributed by atoms with van der Waals surface area (Å²) >= 11 is 0. The minimum absolute atomic E-state index is 0.0536. The van der Waals surface area contributed by atoms with E-state index >= 15 is 0 Å². The predicted molar refractivity (Wildman–Crippen MR) is 112 cm³/mol. The van der Waals surface area contributed by atoms with Crippen molar-refractivity contribution in [1.29, 1.82) is 0 Å². The minimum atomic E-state index is -0.609. The Balaban J connectivity index is 1.38. The highest BCUT2D eigenvalue weighted by Crippen LogP contribution is 2.24. The Morgan fingerprint density at radius 2 is 1.74 bits per heavy atom. The third-order valence-corrected chi connectivity index (χ3v) is 5.72. The molecule has 0 radical (unpaired) electrons. The third-order valence-electron chi connectivity index (χ3n) is 5.72. The standard InChI is InChI=1S/C24H24N2O5/c1-16-6-5-11-25(13-16)21(27)15-31-24(30)18-8-4-7-17(12-18)14-26-22(28)19-9-2-3-10-20(19)23(26)29/h2-4,7-10,12,16H,5-6,11,13-15H2,1H3/t16-/m1/s1. The van der Waals surface area contributed by atoms with Crippen LogP contribution in [0.5, 0.6) is 0 Å². The van der Waals surface area contributed by atoms with Crippen LogP contribution in [-0.4, -0.2) is 53.2 Å². The monoisotopic (exact) mass is 420 g/mol. The van der Waals surface area contributed by atoms with Crippen LogP contribution in [0.1, 0.15) is 56.4 Å². The van der Waals surface area contributed by atoms with Crippen LogP contribution in [-0.2, 0) is 16.1 Å². The number of amides is 3. The zero-order valence-electron chi connectivity index (χ0n) is 17.4. The number of carbonyl (C=O) groups excluding carboxylic acids is 4. The Morgan fingerprint density at radius 3 is 2.42 bits per heavy atom. The number of piperidine rings is 1. The molecular weight excluding hydrogens is 396 g/mol. The molecule has 7 heteroatoms. The zero-order valence-corrected chi connectivity index (χ0v) is 17.4. The van der Waals surface area contributed by atoms with Crippen LogP contribution in [0.25, 0.3) is 0 Å². The van der Waals surface area contributed by atoms with Crippen molar-refractivity contribution in [2.45, 2.75) is 26.3 Å². The number of benzene rings is 2. The number of nitrogens with zero attached hydrogens (tertiary/aromatic N) is 2. The fraction of sp³-hybridized carbons (Fsp3) is 0.333. The second kappa shape index (κ2) is 8.71. The summed E-state index contributed by atoms with van der Waals surface area (Å²) in [5.74, 6) is -1.05. The lowest BCUT2D eigenvalue weighted by Gasteiger charge is -2.30. The number of hydrogen-bond donors (Lipinski definition) is 0. The fourth-order valence-electron chi connectivity index (χ4n) is 4.08. The molecule has 0 aliphatic carbocycles. The molecule has 2 aromatic rings. The van der Waals surface area contributed by atoms with E-state index < -0.39 is 5.97 Å². The van der Waals surface area contributed by atoms with Crippen LogP contribution >= 0.6 is 0 Å². The van der Waals surface area contributed by atoms with Crippen molar-refractivity contribution in [2.75, 3.05) is 19.7 Å². The summed E-state index contributed by atoms with van der Waals surface area (Å²) in [6.07, 6.45) is 2.06. The van der Waals surface area contributed by atoms with Gasteiger partial charge in [0.05, 0.1) is 23.2 Å². The molecule has 0 bridgehead atoms. The number of fused-ring (bicyclic) bond motifs is 1. The first-order valence-corrected chi connectivity index (χ1v) is 10.4. The van der Waals surface area contributed by atoms with E-state index in [0.29, 0.717) is 35.7 Å². The predicted octanol–water partition coefficient (Wildman–Crippen LogP) is 2.90. The van der Waals surface area contributed by atoms with E-state index in [4.69, 9.17) is 4.74 Å². The Bertz CT molecular complexity index is 1010. The van der Waals surface area contributed by atoms with Crippen molar-refractivity contribution in [3.63, 3.8) is 0 Å². The third kappa shape index (κ3) is 4.35. The van der Waals surface area contributed by atoms with E-state index in [1.165, 1.54) is 0 Å². The smallest absolute Gasteiger partial charge is 0.338 e. The summed E-state index contributed by atoms with van der Waals surface area (Å²) in [5.41, 5.74) is 1.66. The molecule has 31 heavy (non-hydrogen) atoms. The number of carbonyl (C=O) groups is 4. The van der Waals surface area contributed by atoms with Gasteiger partial charge in [-0.1, -0.05) is 31.2 Å². The minimum Gasteiger partial charge on any atom is -0.452 e. The average Bonchev–Trinajstić information content (AvgIpc) is 3.02. The number of imide groups is 1. The van der Waals surface area contributed by atoms with Gasteiger partial charge < -0.3 is 9.64 Å². The summed E-state index contributed by atoms with van der Waals surface area (Å²) in [6.45, 7) is 3.24. The fourth-order valence-corrected chi connectivity index (χ4v) is 4.08. The summed E-state index contributed by atoms with van der Waals surface area (Å²) in [6, 6.07) is 13.3. The quantitative estimate of drug-likeness (QED) is 0.549. The summed E-state index contributed by atoms with van der Waals surface area (Å²) in [7, 11) is 0. The first-order valence-electron chi connectivity index (χ1n) is 10.4. The first kappa shape index (κ1) is 20.8. The average molecular weight is 420 g/mol. The van der Waals surface area contributed by atoms with E-state index in [1.54, 1.807) is 53.4 Å². The molecule has 0 N–H and O–H groups in total. The van der Waals surface area contributed by atoms with Crippen LogP contribution in [0.4, 0.5) is 0 Å². The van der Waals surface area contributed by atoms with Gasteiger partial charge in [0.2, 0.25) is 0 Å². The van der Waals surface area contributed by atoms with Crippen molar-refractivity contribution in [2.24, 2.45) is 5.92 Å². The Morgan fingerprint density at radius 1 is 1.03 bits per heavy atom. The Kier molecular flexibility index (Phi) is 5.84. The molecule has 160 valence electrons. The molecule has 2 aromatic carbocycles. The molecule has 2 heterocycles. The second-order valence-electron chi connectivity index (χ2n) is 8.11. The van der Waals surface area contributed by atoms with Crippen LogP contribution in [0, 0.1) is 5.92 Å². The Hall–Kier alpha value is -3.48. The molecule has 0 saturated carbocycles. The molecule has 1 fully saturated rings. The number of rotatable bonds is 5. The molecule has 7 nitrogen and oxygen atoms in total. The van der Waals surface area contributed by atoms with Gasteiger partial charge in [0.25, 0.3) is 17.7 Å². The lowest BCUT2D eigenvalue weighted by Crippen LogP contribution is -2.41. The molecule has 4 rings (SSSR count). The van der Waals surface area contributed by atoms with Crippen molar-refractivity contribution < 1.29 is 23.9 Å². The molecule has 2 aliphatic rings. The molecule has 2 aliphatic heterocycles. The maximum atomic E-state index is 12.6. The van der Waals surface area contributed by atoms with Crippen molar-refractivity contribution in [3.8, 4) is 0 Å². The molecule has 0 unspecified atom stereocenters. The van der Waals surface area contributed by atoms with Gasteiger partial charge in [-0.25, -0.2) is 4.79 Å². The van der Waals surface area contributed by atoms with Crippen LogP contribution < -0.4 is 0 Å². The molecule has 0 spiro atoms. The Labute approximate surface area is 180 Å². The van der Waals surface area contributed by atoms with Gasteiger partial charge in [-0.15, -0.1) is 0 Å². The second-order valence-corrected chi connectivity index (χ2v) is 8.11. The van der Waals surface area contributed by atoms with E-state index in [0.717, 1.165) is 17.7 Å². The maximum absolute atomic E-state index is 12.6. The van der Waals surface area contributed by atoms with E-state index in [1.807, 2.05) is 0 Å². The molecule has 1 saturated heterocycles. The van der Waals surface area contributed by atoms with Gasteiger partial charge in [-0.2, -0.15) is 0 Å². The summed E-state index contributed by atoms with van der Waals surface area (Å²) in [5, 5.41) is 0. The van der Waals surface area contributed by atoms with Gasteiger partial charge in [0, 0.05) is 13.1 Å². The lowest BCUT2D eigenvalue weighted by atomic mass is 10.0. The van der Waals surface area contributed by atoms with E-state index in [9.17, 15) is 19.2 Å². The van der Waals surface area contributed by atoms with Crippen LogP contribution in [0.3, 0.4) is 0 Å². The highest BCUT2D eigenvalue weighted by molar-refractivity contribution is 6.21.